The maximum Gasteiger partial charge on any atom is 0.240 e. The molecule has 6 heteroatoms. The number of nitrogens with one attached hydrogen (secondary N) is 1. The molecule has 0 unspecified atom stereocenters. The third kappa shape index (κ3) is 5.11. The average Bonchev–Trinajstić information content (AvgIpc) is 2.37. The summed E-state index contributed by atoms with van der Waals surface area (Å²) in [7, 11) is -1.91. The molecule has 0 atom stereocenters. The highest BCUT2D eigenvalue weighted by molar-refractivity contribution is 7.89. The van der Waals surface area contributed by atoms with Crippen molar-refractivity contribution in [2.45, 2.75) is 38.2 Å². The van der Waals surface area contributed by atoms with E-state index in [1.54, 1.807) is 25.3 Å². The van der Waals surface area contributed by atoms with E-state index in [1.807, 2.05) is 20.8 Å². The predicted molar refractivity (Wildman–Crippen MR) is 78.6 cm³/mol. The molecule has 1 aromatic carbocycles. The minimum atomic E-state index is -3.47. The molecule has 0 heterocycles. The lowest BCUT2D eigenvalue weighted by atomic mass is 10.2. The summed E-state index contributed by atoms with van der Waals surface area (Å²) in [5, 5.41) is 0. The fourth-order valence-corrected chi connectivity index (χ4v) is 2.86. The van der Waals surface area contributed by atoms with E-state index in [2.05, 4.69) is 4.72 Å². The van der Waals surface area contributed by atoms with Crippen LogP contribution < -0.4 is 9.46 Å². The van der Waals surface area contributed by atoms with E-state index in [9.17, 15) is 8.42 Å². The zero-order chi connectivity index (χ0) is 15.2. The number of ether oxygens (including phenoxy) is 2. The Labute approximate surface area is 121 Å². The molecule has 1 rings (SSSR count). The fraction of sp³-hybridized carbons (Fsp3) is 0.571. The lowest BCUT2D eigenvalue weighted by Gasteiger charge is -2.10. The van der Waals surface area contributed by atoms with E-state index in [0.717, 1.165) is 5.56 Å². The van der Waals surface area contributed by atoms with Gasteiger partial charge in [-0.2, -0.15) is 0 Å². The number of sulfonamides is 1. The van der Waals surface area contributed by atoms with Crippen LogP contribution in [0.3, 0.4) is 0 Å². The summed E-state index contributed by atoms with van der Waals surface area (Å²) < 4.78 is 37.2. The Morgan fingerprint density at radius 3 is 2.55 bits per heavy atom. The van der Waals surface area contributed by atoms with Gasteiger partial charge < -0.3 is 9.47 Å². The third-order valence-electron chi connectivity index (χ3n) is 2.74. The highest BCUT2D eigenvalue weighted by Gasteiger charge is 2.14. The van der Waals surface area contributed by atoms with Gasteiger partial charge in [0.1, 0.15) is 5.75 Å². The van der Waals surface area contributed by atoms with E-state index in [1.165, 1.54) is 0 Å². The van der Waals surface area contributed by atoms with Crippen LogP contribution in [0, 0.1) is 6.92 Å². The number of methoxy groups -OCH3 is 1. The zero-order valence-electron chi connectivity index (χ0n) is 12.5. The second-order valence-corrected chi connectivity index (χ2v) is 6.57. The van der Waals surface area contributed by atoms with Gasteiger partial charge in [0.25, 0.3) is 0 Å². The first-order chi connectivity index (χ1) is 9.36. The molecule has 0 aliphatic rings. The highest BCUT2D eigenvalue weighted by atomic mass is 32.2. The Balaban J connectivity index is 2.58. The van der Waals surface area contributed by atoms with Gasteiger partial charge in [0.2, 0.25) is 10.0 Å². The van der Waals surface area contributed by atoms with Gasteiger partial charge in [-0.1, -0.05) is 0 Å². The van der Waals surface area contributed by atoms with Crippen molar-refractivity contribution in [1.29, 1.82) is 0 Å². The molecule has 0 fully saturated rings. The largest absolute Gasteiger partial charge is 0.496 e. The van der Waals surface area contributed by atoms with Gasteiger partial charge in [-0.05, 0) is 51.0 Å². The summed E-state index contributed by atoms with van der Waals surface area (Å²) in [6.45, 7) is 6.62. The predicted octanol–water partition coefficient (Wildman–Crippen LogP) is 2.10. The van der Waals surface area contributed by atoms with Crippen LogP contribution in [0.1, 0.15) is 25.8 Å². The summed E-state index contributed by atoms with van der Waals surface area (Å²) in [4.78, 5) is 0.251. The maximum absolute atomic E-state index is 12.1. The summed E-state index contributed by atoms with van der Waals surface area (Å²) in [5.74, 6) is 0.675. The van der Waals surface area contributed by atoms with Crippen LogP contribution in [-0.2, 0) is 14.8 Å². The molecular formula is C14H23NO4S. The summed E-state index contributed by atoms with van der Waals surface area (Å²) in [6, 6.07) is 4.80. The van der Waals surface area contributed by atoms with Crippen LogP contribution in [0.25, 0.3) is 0 Å². The van der Waals surface area contributed by atoms with Gasteiger partial charge in [0, 0.05) is 13.2 Å². The number of hydrogen-bond acceptors (Lipinski definition) is 4. The maximum atomic E-state index is 12.1. The quantitative estimate of drug-likeness (QED) is 0.747. The SMILES string of the molecule is COc1ccc(S(=O)(=O)NCCCOC(C)C)cc1C. The smallest absolute Gasteiger partial charge is 0.240 e. The van der Waals surface area contributed by atoms with Crippen LogP contribution in [0.5, 0.6) is 5.75 Å². The second-order valence-electron chi connectivity index (χ2n) is 4.80. The molecule has 0 saturated carbocycles. The molecule has 1 N–H and O–H groups in total. The van der Waals surface area contributed by atoms with Crippen LogP contribution in [-0.4, -0.2) is 34.8 Å². The van der Waals surface area contributed by atoms with Crippen molar-refractivity contribution < 1.29 is 17.9 Å². The monoisotopic (exact) mass is 301 g/mol. The molecule has 5 nitrogen and oxygen atoms in total. The number of benzene rings is 1. The topological polar surface area (TPSA) is 64.6 Å². The first kappa shape index (κ1) is 16.9. The Hall–Kier alpha value is -1.11. The molecule has 114 valence electrons. The summed E-state index contributed by atoms with van der Waals surface area (Å²) in [5.41, 5.74) is 0.790. The normalized spacial score (nSPS) is 11.8. The number of aryl methyl sites for hydroxylation is 1. The Morgan fingerprint density at radius 1 is 1.30 bits per heavy atom. The third-order valence-corrected chi connectivity index (χ3v) is 4.20. The lowest BCUT2D eigenvalue weighted by molar-refractivity contribution is 0.0778. The van der Waals surface area contributed by atoms with E-state index in [4.69, 9.17) is 9.47 Å². The average molecular weight is 301 g/mol. The van der Waals surface area contributed by atoms with Gasteiger partial charge in [-0.25, -0.2) is 13.1 Å². The molecule has 0 aliphatic carbocycles. The summed E-state index contributed by atoms with van der Waals surface area (Å²) in [6.07, 6.45) is 0.808. The molecule has 1 aromatic rings. The Morgan fingerprint density at radius 2 is 2.00 bits per heavy atom. The Bertz CT molecular complexity index is 526. The molecule has 0 spiro atoms. The van der Waals surface area contributed by atoms with E-state index < -0.39 is 10.0 Å². The summed E-state index contributed by atoms with van der Waals surface area (Å²) >= 11 is 0. The van der Waals surface area contributed by atoms with Crippen LogP contribution in [0.15, 0.2) is 23.1 Å². The van der Waals surface area contributed by atoms with Crippen LogP contribution in [0.4, 0.5) is 0 Å². The van der Waals surface area contributed by atoms with Crippen molar-refractivity contribution >= 4 is 10.0 Å². The molecule has 0 saturated heterocycles. The van der Waals surface area contributed by atoms with Gasteiger partial charge in [-0.15, -0.1) is 0 Å². The minimum absolute atomic E-state index is 0.163. The fourth-order valence-electron chi connectivity index (χ4n) is 1.70. The minimum Gasteiger partial charge on any atom is -0.496 e. The van der Waals surface area contributed by atoms with Gasteiger partial charge in [-0.3, -0.25) is 0 Å². The van der Waals surface area contributed by atoms with Crippen molar-refractivity contribution in [3.05, 3.63) is 23.8 Å². The van der Waals surface area contributed by atoms with Crippen molar-refractivity contribution in [1.82, 2.24) is 4.72 Å². The first-order valence-electron chi connectivity index (χ1n) is 6.62. The van der Waals surface area contributed by atoms with Crippen molar-refractivity contribution in [3.8, 4) is 5.75 Å². The first-order valence-corrected chi connectivity index (χ1v) is 8.11. The standard InChI is InChI=1S/C14H23NO4S/c1-11(2)19-9-5-8-15-20(16,17)13-6-7-14(18-4)12(3)10-13/h6-7,10-11,15H,5,8-9H2,1-4H3. The molecular weight excluding hydrogens is 278 g/mol. The van der Waals surface area contributed by atoms with Crippen molar-refractivity contribution in [2.75, 3.05) is 20.3 Å². The molecule has 0 amide bonds. The highest BCUT2D eigenvalue weighted by Crippen LogP contribution is 2.21. The van der Waals surface area contributed by atoms with Crippen molar-refractivity contribution in [2.24, 2.45) is 0 Å². The van der Waals surface area contributed by atoms with E-state index in [-0.39, 0.29) is 11.0 Å². The Kier molecular flexibility index (Phi) is 6.45. The van der Waals surface area contributed by atoms with Crippen LogP contribution in [0.2, 0.25) is 0 Å². The van der Waals surface area contributed by atoms with Crippen LogP contribution >= 0.6 is 0 Å². The van der Waals surface area contributed by atoms with E-state index in [0.29, 0.717) is 25.3 Å². The number of rotatable bonds is 8. The lowest BCUT2D eigenvalue weighted by Crippen LogP contribution is -2.26. The van der Waals surface area contributed by atoms with Gasteiger partial charge in [0.05, 0.1) is 18.1 Å². The van der Waals surface area contributed by atoms with Crippen molar-refractivity contribution in [3.63, 3.8) is 0 Å². The van der Waals surface area contributed by atoms with Gasteiger partial charge >= 0.3 is 0 Å². The molecule has 0 bridgehead atoms. The second kappa shape index (κ2) is 7.61. The van der Waals surface area contributed by atoms with E-state index >= 15 is 0 Å². The molecule has 0 aliphatic heterocycles. The molecule has 0 radical (unpaired) electrons. The zero-order valence-corrected chi connectivity index (χ0v) is 13.3. The van der Waals surface area contributed by atoms with Gasteiger partial charge in [0.15, 0.2) is 0 Å². The molecule has 20 heavy (non-hydrogen) atoms. The number of hydrogen-bond donors (Lipinski definition) is 1. The molecule has 0 aromatic heterocycles.